The molecule has 0 radical (unpaired) electrons. The van der Waals surface area contributed by atoms with Gasteiger partial charge in [0, 0.05) is 25.7 Å². The van der Waals surface area contributed by atoms with E-state index in [4.69, 9.17) is 14.2 Å². The number of carbonyl (C=O) groups excluding carboxylic acids is 4. The van der Waals surface area contributed by atoms with Crippen LogP contribution in [0.4, 0.5) is 0 Å². The van der Waals surface area contributed by atoms with Crippen molar-refractivity contribution in [1.29, 1.82) is 0 Å². The molecule has 0 heterocycles. The lowest BCUT2D eigenvalue weighted by Crippen LogP contribution is -2.73. The van der Waals surface area contributed by atoms with Crippen LogP contribution in [0.25, 0.3) is 0 Å². The molecular weight excluding hydrogens is 520 g/mol. The highest BCUT2D eigenvalue weighted by molar-refractivity contribution is 5.95. The second-order valence-electron chi connectivity index (χ2n) is 12.0. The molecule has 2 fully saturated rings. The number of ketones is 1. The van der Waals surface area contributed by atoms with Crippen LogP contribution >= 0.6 is 0 Å². The first-order valence-corrected chi connectivity index (χ1v) is 13.5. The topological polar surface area (TPSA) is 157 Å². The fourth-order valence-corrected chi connectivity index (χ4v) is 7.13. The lowest BCUT2D eigenvalue weighted by atomic mass is 9.48. The van der Waals surface area contributed by atoms with E-state index in [1.807, 2.05) is 0 Å². The number of ether oxygens (including phenoxy) is 3. The van der Waals surface area contributed by atoms with E-state index in [2.05, 4.69) is 0 Å². The Morgan fingerprint density at radius 2 is 1.55 bits per heavy atom. The van der Waals surface area contributed by atoms with Gasteiger partial charge in [-0.1, -0.05) is 37.6 Å². The number of hydrogen-bond acceptors (Lipinski definition) is 10. The molecule has 0 saturated heterocycles. The third-order valence-corrected chi connectivity index (χ3v) is 9.34. The smallest absolute Gasteiger partial charge is 0.338 e. The van der Waals surface area contributed by atoms with Gasteiger partial charge in [0.1, 0.15) is 17.8 Å². The molecule has 3 N–H and O–H groups in total. The standard InChI is InChI=1S/C30H38O10/c1-15-12-13-30(37)26(40-27(36)18-10-8-7-9-11-18)22-23(38-16(2)31)19(33)14-20(34)29(22,6)25(35)24(39-17(3)32)21(15)28(30,4)5/h7-11,19-20,22-24,26,33-34,37H,12-14H2,1-6H3/t19-,20+,22+,23+,24-,26+,29-,30-/m1/s1. The van der Waals surface area contributed by atoms with Gasteiger partial charge in [0.25, 0.3) is 0 Å². The maximum atomic E-state index is 14.6. The van der Waals surface area contributed by atoms with Gasteiger partial charge in [0.15, 0.2) is 11.9 Å². The van der Waals surface area contributed by atoms with E-state index in [-0.39, 0.29) is 24.8 Å². The van der Waals surface area contributed by atoms with Crippen molar-refractivity contribution in [3.63, 3.8) is 0 Å². The molecule has 0 aromatic heterocycles. The van der Waals surface area contributed by atoms with Crippen LogP contribution in [0.1, 0.15) is 71.2 Å². The third-order valence-electron chi connectivity index (χ3n) is 9.34. The number of benzene rings is 1. The highest BCUT2D eigenvalue weighted by Crippen LogP contribution is 2.60. The van der Waals surface area contributed by atoms with E-state index in [1.54, 1.807) is 39.0 Å². The highest BCUT2D eigenvalue weighted by Gasteiger charge is 2.71. The number of fused-ring (bicyclic) bond motifs is 3. The average molecular weight is 559 g/mol. The Bertz CT molecular complexity index is 1240. The van der Waals surface area contributed by atoms with Gasteiger partial charge in [-0.2, -0.15) is 0 Å². The largest absolute Gasteiger partial charge is 0.459 e. The van der Waals surface area contributed by atoms with Crippen molar-refractivity contribution in [2.45, 2.75) is 96.9 Å². The Kier molecular flexibility index (Phi) is 7.77. The molecule has 40 heavy (non-hydrogen) atoms. The SMILES string of the molecule is CC(=O)O[C@H]1C(=O)[C@@]2(C)[C@@H]([C@@H](OC(C)=O)[C@H](O)C[C@@H]2O)[C@H](OC(=O)c2ccccc2)[C@]2(O)CCC(C)=C1C2(C)C. The zero-order valence-electron chi connectivity index (χ0n) is 23.7. The minimum atomic E-state index is -1.90. The molecule has 0 unspecified atom stereocenters. The van der Waals surface area contributed by atoms with Crippen LogP contribution < -0.4 is 0 Å². The summed E-state index contributed by atoms with van der Waals surface area (Å²) in [5, 5.41) is 35.2. The van der Waals surface area contributed by atoms with Crippen LogP contribution in [0.3, 0.4) is 0 Å². The van der Waals surface area contributed by atoms with Gasteiger partial charge in [-0.05, 0) is 44.4 Å². The second kappa shape index (κ2) is 10.4. The summed E-state index contributed by atoms with van der Waals surface area (Å²) in [6.45, 7) is 8.86. The Morgan fingerprint density at radius 1 is 0.950 bits per heavy atom. The zero-order valence-corrected chi connectivity index (χ0v) is 23.7. The van der Waals surface area contributed by atoms with Crippen molar-refractivity contribution in [3.05, 3.63) is 47.0 Å². The summed E-state index contributed by atoms with van der Waals surface area (Å²) >= 11 is 0. The molecule has 3 aliphatic rings. The monoisotopic (exact) mass is 558 g/mol. The van der Waals surface area contributed by atoms with Crippen LogP contribution in [-0.2, 0) is 28.6 Å². The van der Waals surface area contributed by atoms with Gasteiger partial charge in [-0.3, -0.25) is 14.4 Å². The first kappa shape index (κ1) is 29.9. The van der Waals surface area contributed by atoms with Crippen molar-refractivity contribution >= 4 is 23.7 Å². The predicted molar refractivity (Wildman–Crippen MR) is 141 cm³/mol. The molecule has 10 heteroatoms. The molecule has 4 rings (SSSR count). The van der Waals surface area contributed by atoms with Crippen molar-refractivity contribution in [1.82, 2.24) is 0 Å². The minimum absolute atomic E-state index is 0.0780. The van der Waals surface area contributed by atoms with Crippen LogP contribution in [0.5, 0.6) is 0 Å². The summed E-state index contributed by atoms with van der Waals surface area (Å²) in [7, 11) is 0. The van der Waals surface area contributed by atoms with Crippen LogP contribution in [-0.4, -0.2) is 75.1 Å². The normalized spacial score (nSPS) is 37.0. The third kappa shape index (κ3) is 4.55. The van der Waals surface area contributed by atoms with Gasteiger partial charge < -0.3 is 29.5 Å². The number of aliphatic hydroxyl groups excluding tert-OH is 2. The molecular formula is C30H38O10. The molecule has 10 nitrogen and oxygen atoms in total. The van der Waals surface area contributed by atoms with E-state index in [0.29, 0.717) is 5.57 Å². The molecule has 2 saturated carbocycles. The fourth-order valence-electron chi connectivity index (χ4n) is 7.13. The second-order valence-corrected chi connectivity index (χ2v) is 12.0. The molecule has 218 valence electrons. The van der Waals surface area contributed by atoms with Gasteiger partial charge in [-0.25, -0.2) is 4.79 Å². The molecule has 0 amide bonds. The molecule has 0 spiro atoms. The molecule has 8 atom stereocenters. The lowest BCUT2D eigenvalue weighted by Gasteiger charge is -2.61. The lowest BCUT2D eigenvalue weighted by molar-refractivity contribution is -0.250. The van der Waals surface area contributed by atoms with Crippen LogP contribution in [0.2, 0.25) is 0 Å². The fraction of sp³-hybridized carbons (Fsp3) is 0.600. The maximum absolute atomic E-state index is 14.6. The summed E-state index contributed by atoms with van der Waals surface area (Å²) in [6, 6.07) is 8.08. The zero-order chi connectivity index (χ0) is 29.8. The summed E-state index contributed by atoms with van der Waals surface area (Å²) in [5.74, 6) is -4.41. The van der Waals surface area contributed by atoms with E-state index < -0.39 is 76.6 Å². The van der Waals surface area contributed by atoms with Crippen molar-refractivity contribution in [2.24, 2.45) is 16.7 Å². The quantitative estimate of drug-likeness (QED) is 0.285. The average Bonchev–Trinajstić information content (AvgIpc) is 2.87. The molecule has 3 aliphatic carbocycles. The molecule has 0 aliphatic heterocycles. The van der Waals surface area contributed by atoms with E-state index in [1.165, 1.54) is 19.1 Å². The number of Topliss-reactive ketones (excluding diaryl/α,β-unsaturated/α-hetero) is 1. The van der Waals surface area contributed by atoms with Gasteiger partial charge in [-0.15, -0.1) is 0 Å². The van der Waals surface area contributed by atoms with Crippen LogP contribution in [0, 0.1) is 16.7 Å². The Hall–Kier alpha value is -3.08. The highest BCUT2D eigenvalue weighted by atomic mass is 16.6. The van der Waals surface area contributed by atoms with E-state index in [0.717, 1.165) is 19.4 Å². The van der Waals surface area contributed by atoms with Gasteiger partial charge >= 0.3 is 17.9 Å². The Balaban J connectivity index is 2.04. The molecule has 1 aromatic carbocycles. The number of allylic oxidation sites excluding steroid dienone is 1. The summed E-state index contributed by atoms with van der Waals surface area (Å²) < 4.78 is 17.3. The first-order valence-electron chi connectivity index (χ1n) is 13.5. The predicted octanol–water partition coefficient (Wildman–Crippen LogP) is 2.27. The van der Waals surface area contributed by atoms with Crippen LogP contribution in [0.15, 0.2) is 41.5 Å². The van der Waals surface area contributed by atoms with Crippen molar-refractivity contribution in [2.75, 3.05) is 0 Å². The van der Waals surface area contributed by atoms with E-state index in [9.17, 15) is 34.5 Å². The maximum Gasteiger partial charge on any atom is 0.338 e. The van der Waals surface area contributed by atoms with Crippen molar-refractivity contribution in [3.8, 4) is 0 Å². The summed E-state index contributed by atoms with van der Waals surface area (Å²) in [6.07, 6.45) is -7.38. The van der Waals surface area contributed by atoms with Gasteiger partial charge in [0.2, 0.25) is 0 Å². The number of rotatable bonds is 4. The van der Waals surface area contributed by atoms with E-state index >= 15 is 0 Å². The molecule has 2 bridgehead atoms. The Labute approximate surface area is 233 Å². The summed E-state index contributed by atoms with van der Waals surface area (Å²) in [4.78, 5) is 52.6. The first-order chi connectivity index (χ1) is 18.6. The van der Waals surface area contributed by atoms with Gasteiger partial charge in [0.05, 0.1) is 29.1 Å². The van der Waals surface area contributed by atoms with Crippen molar-refractivity contribution < 1.29 is 48.7 Å². The Morgan fingerprint density at radius 3 is 2.12 bits per heavy atom. The number of hydrogen-bond donors (Lipinski definition) is 3. The number of aliphatic hydroxyl groups is 3. The number of esters is 3. The molecule has 1 aromatic rings. The minimum Gasteiger partial charge on any atom is -0.459 e. The number of carbonyl (C=O) groups is 4. The summed E-state index contributed by atoms with van der Waals surface area (Å²) in [5.41, 5.74) is -3.81.